The molecule has 1 N–H and O–H groups in total. The van der Waals surface area contributed by atoms with Gasteiger partial charge < -0.3 is 10.2 Å². The highest BCUT2D eigenvalue weighted by atomic mass is 35.5. The van der Waals surface area contributed by atoms with E-state index in [1.165, 1.54) is 23.5 Å². The molecule has 0 amide bonds. The monoisotopic (exact) mass is 506 g/mol. The first kappa shape index (κ1) is 24.3. The van der Waals surface area contributed by atoms with Gasteiger partial charge in [-0.15, -0.1) is 23.7 Å². The largest absolute Gasteiger partial charge is 0.355 e. The van der Waals surface area contributed by atoms with Crippen molar-refractivity contribution < 1.29 is 13.2 Å². The zero-order chi connectivity index (χ0) is 22.9. The number of aromatic nitrogens is 2. The van der Waals surface area contributed by atoms with Crippen molar-refractivity contribution in [2.45, 2.75) is 18.9 Å². The number of benzene rings is 1. The predicted octanol–water partition coefficient (Wildman–Crippen LogP) is 5.11. The Labute approximate surface area is 204 Å². The average Bonchev–Trinajstić information content (AvgIpc) is 3.47. The molecule has 4 aromatic rings. The first-order valence-corrected chi connectivity index (χ1v) is 11.4. The summed E-state index contributed by atoms with van der Waals surface area (Å²) in [6.07, 6.45) is 1.79. The summed E-state index contributed by atoms with van der Waals surface area (Å²) in [5, 5.41) is 3.71. The topological polar surface area (TPSA) is 50.2 Å². The van der Waals surface area contributed by atoms with Crippen molar-refractivity contribution in [3.05, 3.63) is 77.1 Å². The highest BCUT2D eigenvalue weighted by molar-refractivity contribution is 7.22. The summed E-state index contributed by atoms with van der Waals surface area (Å²) in [7, 11) is 0. The molecule has 1 unspecified atom stereocenters. The first-order valence-electron chi connectivity index (χ1n) is 10.6. The normalized spacial score (nSPS) is 15.8. The SMILES string of the molecule is Cl.O=c1c2sc(-c3ccc(F)cc3)cc2ccn1-c1ccc(N2CCC(NCC(F)F)C2)nc1. The highest BCUT2D eigenvalue weighted by Gasteiger charge is 2.24. The van der Waals surface area contributed by atoms with Gasteiger partial charge in [0.2, 0.25) is 0 Å². The predicted molar refractivity (Wildman–Crippen MR) is 132 cm³/mol. The summed E-state index contributed by atoms with van der Waals surface area (Å²) >= 11 is 1.38. The number of halogens is 4. The number of rotatable bonds is 6. The molecule has 34 heavy (non-hydrogen) atoms. The minimum Gasteiger partial charge on any atom is -0.355 e. The molecule has 1 saturated heterocycles. The molecular weight excluding hydrogens is 485 g/mol. The zero-order valence-electron chi connectivity index (χ0n) is 18.0. The van der Waals surface area contributed by atoms with Crippen LogP contribution in [0.4, 0.5) is 19.0 Å². The van der Waals surface area contributed by atoms with E-state index >= 15 is 0 Å². The van der Waals surface area contributed by atoms with Gasteiger partial charge >= 0.3 is 0 Å². The minimum absolute atomic E-state index is 0. The third-order valence-corrected chi connectivity index (χ3v) is 6.98. The van der Waals surface area contributed by atoms with Crippen LogP contribution in [0.1, 0.15) is 6.42 Å². The van der Waals surface area contributed by atoms with Crippen LogP contribution in [-0.4, -0.2) is 41.7 Å². The maximum atomic E-state index is 13.2. The van der Waals surface area contributed by atoms with Crippen LogP contribution in [0.25, 0.3) is 26.2 Å². The Hall–Kier alpha value is -2.88. The van der Waals surface area contributed by atoms with Crippen LogP contribution in [0.3, 0.4) is 0 Å². The fraction of sp³-hybridized carbons (Fsp3) is 0.250. The Balaban J connectivity index is 0.00000274. The maximum absolute atomic E-state index is 13.2. The van der Waals surface area contributed by atoms with Crippen LogP contribution in [0.5, 0.6) is 0 Å². The van der Waals surface area contributed by atoms with E-state index in [1.807, 2.05) is 29.2 Å². The van der Waals surface area contributed by atoms with Crippen molar-refractivity contribution in [2.24, 2.45) is 0 Å². The van der Waals surface area contributed by atoms with Gasteiger partial charge in [-0.3, -0.25) is 9.36 Å². The molecular formula is C24H22ClF3N4OS. The lowest BCUT2D eigenvalue weighted by molar-refractivity contribution is 0.142. The lowest BCUT2D eigenvalue weighted by Gasteiger charge is -2.18. The van der Waals surface area contributed by atoms with E-state index in [4.69, 9.17) is 0 Å². The van der Waals surface area contributed by atoms with E-state index in [0.29, 0.717) is 16.9 Å². The van der Waals surface area contributed by atoms with Gasteiger partial charge in [0.05, 0.1) is 18.4 Å². The standard InChI is InChI=1S/C24H21F3N4OS.ClH/c25-17-3-1-15(2-4-17)20-11-16-7-10-31(24(32)23(16)33-20)19-5-6-22(29-12-19)30-9-8-18(14-30)28-13-21(26)27;/h1-7,10-12,18,21,28H,8-9,13-14H2;1H. The number of anilines is 1. The zero-order valence-corrected chi connectivity index (χ0v) is 19.6. The van der Waals surface area contributed by atoms with E-state index in [0.717, 1.165) is 34.6 Å². The number of nitrogens with zero attached hydrogens (tertiary/aromatic N) is 3. The van der Waals surface area contributed by atoms with Gasteiger partial charge in [-0.1, -0.05) is 12.1 Å². The summed E-state index contributed by atoms with van der Waals surface area (Å²) in [6.45, 7) is 1.05. The van der Waals surface area contributed by atoms with Gasteiger partial charge in [-0.05, 0) is 48.4 Å². The average molecular weight is 507 g/mol. The number of hydrogen-bond acceptors (Lipinski definition) is 5. The van der Waals surface area contributed by atoms with Gasteiger partial charge in [0.25, 0.3) is 12.0 Å². The van der Waals surface area contributed by atoms with Crippen LogP contribution in [-0.2, 0) is 0 Å². The van der Waals surface area contributed by atoms with Crippen LogP contribution < -0.4 is 15.8 Å². The number of pyridine rings is 2. The second-order valence-corrected chi connectivity index (χ2v) is 9.05. The first-order chi connectivity index (χ1) is 16.0. The molecule has 4 heterocycles. The van der Waals surface area contributed by atoms with E-state index in [-0.39, 0.29) is 36.4 Å². The van der Waals surface area contributed by atoms with Crippen LogP contribution in [0.2, 0.25) is 0 Å². The smallest absolute Gasteiger partial charge is 0.273 e. The Kier molecular flexibility index (Phi) is 7.25. The Morgan fingerprint density at radius 2 is 1.94 bits per heavy atom. The second kappa shape index (κ2) is 10.2. The van der Waals surface area contributed by atoms with Crippen molar-refractivity contribution >= 4 is 39.6 Å². The van der Waals surface area contributed by atoms with Crippen molar-refractivity contribution in [1.29, 1.82) is 0 Å². The number of thiophene rings is 1. The Morgan fingerprint density at radius 3 is 2.65 bits per heavy atom. The molecule has 5 nitrogen and oxygen atoms in total. The molecule has 0 aliphatic carbocycles. The highest BCUT2D eigenvalue weighted by Crippen LogP contribution is 2.32. The van der Waals surface area contributed by atoms with Crippen LogP contribution in [0.15, 0.2) is 65.7 Å². The van der Waals surface area contributed by atoms with Crippen LogP contribution >= 0.6 is 23.7 Å². The van der Waals surface area contributed by atoms with Gasteiger partial charge in [0, 0.05) is 35.6 Å². The summed E-state index contributed by atoms with van der Waals surface area (Å²) in [5.74, 6) is 0.455. The van der Waals surface area contributed by atoms with Gasteiger partial charge in [-0.2, -0.15) is 0 Å². The van der Waals surface area contributed by atoms with Gasteiger partial charge in [-0.25, -0.2) is 18.2 Å². The summed E-state index contributed by atoms with van der Waals surface area (Å²) < 4.78 is 40.2. The van der Waals surface area contributed by atoms with Crippen molar-refractivity contribution in [2.75, 3.05) is 24.5 Å². The molecule has 1 atom stereocenters. The summed E-state index contributed by atoms with van der Waals surface area (Å²) in [4.78, 5) is 20.6. The molecule has 0 spiro atoms. The van der Waals surface area contributed by atoms with Crippen molar-refractivity contribution in [1.82, 2.24) is 14.9 Å². The minimum atomic E-state index is -2.36. The molecule has 1 fully saturated rings. The lowest BCUT2D eigenvalue weighted by Crippen LogP contribution is -2.35. The number of fused-ring (bicyclic) bond motifs is 1. The molecule has 1 aromatic carbocycles. The third kappa shape index (κ3) is 4.96. The molecule has 178 valence electrons. The third-order valence-electron chi connectivity index (χ3n) is 5.79. The van der Waals surface area contributed by atoms with Crippen molar-refractivity contribution in [3.8, 4) is 16.1 Å². The van der Waals surface area contributed by atoms with E-state index in [1.54, 1.807) is 29.1 Å². The molecule has 5 rings (SSSR count). The number of nitrogens with one attached hydrogen (secondary N) is 1. The molecule has 0 radical (unpaired) electrons. The summed E-state index contributed by atoms with van der Waals surface area (Å²) in [6, 6.07) is 13.7. The van der Waals surface area contributed by atoms with Crippen molar-refractivity contribution in [3.63, 3.8) is 0 Å². The number of hydrogen-bond donors (Lipinski definition) is 1. The molecule has 0 saturated carbocycles. The number of alkyl halides is 2. The Bertz CT molecular complexity index is 1330. The summed E-state index contributed by atoms with van der Waals surface area (Å²) in [5.41, 5.74) is 1.37. The quantitative estimate of drug-likeness (QED) is 0.395. The second-order valence-electron chi connectivity index (χ2n) is 8.00. The molecule has 0 bridgehead atoms. The molecule has 1 aliphatic heterocycles. The van der Waals surface area contributed by atoms with Crippen LogP contribution in [0, 0.1) is 5.82 Å². The van der Waals surface area contributed by atoms with E-state index in [2.05, 4.69) is 10.3 Å². The lowest BCUT2D eigenvalue weighted by atomic mass is 10.2. The van der Waals surface area contributed by atoms with E-state index < -0.39 is 6.43 Å². The Morgan fingerprint density at radius 1 is 1.15 bits per heavy atom. The van der Waals surface area contributed by atoms with Gasteiger partial charge in [0.1, 0.15) is 16.3 Å². The fourth-order valence-electron chi connectivity index (χ4n) is 4.09. The molecule has 3 aromatic heterocycles. The fourth-order valence-corrected chi connectivity index (χ4v) is 5.18. The molecule has 1 aliphatic rings. The van der Waals surface area contributed by atoms with Gasteiger partial charge in [0.15, 0.2) is 0 Å². The molecule has 10 heteroatoms. The maximum Gasteiger partial charge on any atom is 0.273 e. The van der Waals surface area contributed by atoms with E-state index in [9.17, 15) is 18.0 Å².